The lowest BCUT2D eigenvalue weighted by molar-refractivity contribution is -0.136. The summed E-state index contributed by atoms with van der Waals surface area (Å²) in [7, 11) is 0. The summed E-state index contributed by atoms with van der Waals surface area (Å²) in [4.78, 5) is 41.0. The van der Waals surface area contributed by atoms with Gasteiger partial charge in [-0.05, 0) is 42.5 Å². The molecule has 0 saturated carbocycles. The highest BCUT2D eigenvalue weighted by molar-refractivity contribution is 6.05. The molecule has 0 aromatic heterocycles. The lowest BCUT2D eigenvalue weighted by atomic mass is 9.99. The van der Waals surface area contributed by atoms with E-state index in [0.29, 0.717) is 30.5 Å². The number of fused-ring (bicyclic) bond motifs is 1. The monoisotopic (exact) mass is 398 g/mol. The average molecular weight is 399 g/mol. The summed E-state index contributed by atoms with van der Waals surface area (Å²) in [6.45, 7) is 8.81. The summed E-state index contributed by atoms with van der Waals surface area (Å²) in [6.07, 6.45) is 1.78. The van der Waals surface area contributed by atoms with Gasteiger partial charge in [-0.25, -0.2) is 0 Å². The molecule has 2 saturated heterocycles. The highest BCUT2D eigenvalue weighted by Crippen LogP contribution is 2.31. The summed E-state index contributed by atoms with van der Waals surface area (Å²) in [5, 5.41) is 5.91. The van der Waals surface area contributed by atoms with Crippen LogP contribution in [-0.4, -0.2) is 59.2 Å². The highest BCUT2D eigenvalue weighted by atomic mass is 16.2. The number of nitrogens with zero attached hydrogens (tertiary/aromatic N) is 2. The Morgan fingerprint density at radius 1 is 1.21 bits per heavy atom. The van der Waals surface area contributed by atoms with E-state index < -0.39 is 6.04 Å². The van der Waals surface area contributed by atoms with E-state index in [1.54, 1.807) is 4.90 Å². The number of rotatable bonds is 4. The smallest absolute Gasteiger partial charge is 0.255 e. The maximum absolute atomic E-state index is 13.0. The number of carbonyl (C=O) groups is 3. The molecule has 0 bridgehead atoms. The van der Waals surface area contributed by atoms with Crippen LogP contribution in [0.1, 0.15) is 54.6 Å². The highest BCUT2D eigenvalue weighted by Gasteiger charge is 2.40. The van der Waals surface area contributed by atoms with Crippen LogP contribution in [0.2, 0.25) is 0 Å². The number of benzene rings is 1. The molecule has 0 aliphatic carbocycles. The maximum Gasteiger partial charge on any atom is 0.255 e. The fourth-order valence-electron chi connectivity index (χ4n) is 4.82. The van der Waals surface area contributed by atoms with Gasteiger partial charge in [0.25, 0.3) is 5.91 Å². The SMILES string of the molecule is CC(C)C1CNCCCN1Cc1cccc2c1CN(C1CCC(=O)NC1=O)C2=O. The van der Waals surface area contributed by atoms with Gasteiger partial charge in [0.15, 0.2) is 0 Å². The topological polar surface area (TPSA) is 81.8 Å². The van der Waals surface area contributed by atoms with Gasteiger partial charge in [0.1, 0.15) is 6.04 Å². The van der Waals surface area contributed by atoms with Crippen molar-refractivity contribution in [1.29, 1.82) is 0 Å². The standard InChI is InChI=1S/C22H30N4O3/c1-14(2)19-11-23-9-4-10-25(19)12-15-5-3-6-16-17(15)13-26(22(16)29)18-7-8-20(27)24-21(18)28/h3,5-6,14,18-19,23H,4,7-13H2,1-2H3,(H,24,27,28). The quantitative estimate of drug-likeness (QED) is 0.747. The number of piperidine rings is 1. The number of hydrogen-bond acceptors (Lipinski definition) is 5. The number of hydrogen-bond donors (Lipinski definition) is 2. The van der Waals surface area contributed by atoms with Crippen molar-refractivity contribution in [2.75, 3.05) is 19.6 Å². The number of amides is 3. The van der Waals surface area contributed by atoms with Crippen molar-refractivity contribution >= 4 is 17.7 Å². The van der Waals surface area contributed by atoms with Crippen molar-refractivity contribution in [2.45, 2.75) is 58.3 Å². The van der Waals surface area contributed by atoms with E-state index in [-0.39, 0.29) is 24.1 Å². The molecule has 7 nitrogen and oxygen atoms in total. The van der Waals surface area contributed by atoms with E-state index in [1.807, 2.05) is 12.1 Å². The Bertz CT molecular complexity index is 822. The van der Waals surface area contributed by atoms with Crippen LogP contribution in [0.25, 0.3) is 0 Å². The molecule has 1 aromatic carbocycles. The molecule has 0 radical (unpaired) electrons. The average Bonchev–Trinajstić information content (AvgIpc) is 2.86. The van der Waals surface area contributed by atoms with Gasteiger partial charge in [-0.15, -0.1) is 0 Å². The zero-order valence-electron chi connectivity index (χ0n) is 17.2. The molecule has 0 spiro atoms. The third-order valence-corrected chi connectivity index (χ3v) is 6.44. The van der Waals surface area contributed by atoms with Crippen LogP contribution in [-0.2, 0) is 22.7 Å². The second-order valence-electron chi connectivity index (χ2n) is 8.68. The summed E-state index contributed by atoms with van der Waals surface area (Å²) in [5.41, 5.74) is 2.89. The van der Waals surface area contributed by atoms with Crippen LogP contribution in [0, 0.1) is 5.92 Å². The number of nitrogens with one attached hydrogen (secondary N) is 2. The van der Waals surface area contributed by atoms with Crippen molar-refractivity contribution in [3.63, 3.8) is 0 Å². The molecule has 2 N–H and O–H groups in total. The minimum Gasteiger partial charge on any atom is -0.322 e. The van der Waals surface area contributed by atoms with E-state index in [4.69, 9.17) is 0 Å². The van der Waals surface area contributed by atoms with E-state index >= 15 is 0 Å². The van der Waals surface area contributed by atoms with E-state index in [2.05, 4.69) is 35.4 Å². The fourth-order valence-corrected chi connectivity index (χ4v) is 4.82. The van der Waals surface area contributed by atoms with Crippen LogP contribution >= 0.6 is 0 Å². The first-order valence-electron chi connectivity index (χ1n) is 10.7. The first-order valence-corrected chi connectivity index (χ1v) is 10.7. The second kappa shape index (κ2) is 8.24. The predicted octanol–water partition coefficient (Wildman–Crippen LogP) is 1.27. The summed E-state index contributed by atoms with van der Waals surface area (Å²) >= 11 is 0. The fraction of sp³-hybridized carbons (Fsp3) is 0.591. The Labute approximate surface area is 171 Å². The van der Waals surface area contributed by atoms with Gasteiger partial charge < -0.3 is 10.2 Å². The molecule has 2 unspecified atom stereocenters. The Kier molecular flexibility index (Phi) is 5.69. The molecular formula is C22H30N4O3. The normalized spacial score (nSPS) is 25.9. The van der Waals surface area contributed by atoms with Crippen LogP contribution in [0.4, 0.5) is 0 Å². The van der Waals surface area contributed by atoms with Crippen molar-refractivity contribution in [1.82, 2.24) is 20.4 Å². The Hall–Kier alpha value is -2.25. The lowest BCUT2D eigenvalue weighted by Gasteiger charge is -2.33. The van der Waals surface area contributed by atoms with E-state index in [0.717, 1.165) is 43.7 Å². The maximum atomic E-state index is 13.0. The molecule has 2 fully saturated rings. The largest absolute Gasteiger partial charge is 0.322 e. The van der Waals surface area contributed by atoms with Crippen molar-refractivity contribution < 1.29 is 14.4 Å². The van der Waals surface area contributed by atoms with Gasteiger partial charge >= 0.3 is 0 Å². The third-order valence-electron chi connectivity index (χ3n) is 6.44. The number of carbonyl (C=O) groups excluding carboxylic acids is 3. The molecule has 3 amide bonds. The van der Waals surface area contributed by atoms with Crippen LogP contribution in [0.15, 0.2) is 18.2 Å². The zero-order valence-corrected chi connectivity index (χ0v) is 17.2. The van der Waals surface area contributed by atoms with Gasteiger partial charge in [-0.2, -0.15) is 0 Å². The molecule has 2 atom stereocenters. The Balaban J connectivity index is 1.56. The van der Waals surface area contributed by atoms with Crippen molar-refractivity contribution in [3.05, 3.63) is 34.9 Å². The van der Waals surface area contributed by atoms with Crippen molar-refractivity contribution in [2.24, 2.45) is 5.92 Å². The van der Waals surface area contributed by atoms with Gasteiger partial charge in [0, 0.05) is 44.2 Å². The minimum absolute atomic E-state index is 0.103. The molecule has 7 heteroatoms. The molecule has 3 aliphatic heterocycles. The zero-order chi connectivity index (χ0) is 20.5. The molecular weight excluding hydrogens is 368 g/mol. The number of imide groups is 1. The summed E-state index contributed by atoms with van der Waals surface area (Å²) < 4.78 is 0. The molecule has 3 aliphatic rings. The van der Waals surface area contributed by atoms with Crippen LogP contribution in [0.5, 0.6) is 0 Å². The predicted molar refractivity (Wildman–Crippen MR) is 109 cm³/mol. The first kappa shape index (κ1) is 20.0. The minimum atomic E-state index is -0.564. The van der Waals surface area contributed by atoms with Crippen molar-refractivity contribution in [3.8, 4) is 0 Å². The molecule has 3 heterocycles. The molecule has 1 aromatic rings. The summed E-state index contributed by atoms with van der Waals surface area (Å²) in [6, 6.07) is 5.80. The molecule has 156 valence electrons. The van der Waals surface area contributed by atoms with Crippen LogP contribution in [0.3, 0.4) is 0 Å². The Morgan fingerprint density at radius 2 is 2.03 bits per heavy atom. The summed E-state index contributed by atoms with van der Waals surface area (Å²) in [5.74, 6) is -0.179. The van der Waals surface area contributed by atoms with Gasteiger partial charge in [-0.1, -0.05) is 26.0 Å². The second-order valence-corrected chi connectivity index (χ2v) is 8.68. The van der Waals surface area contributed by atoms with E-state index in [9.17, 15) is 14.4 Å². The van der Waals surface area contributed by atoms with Gasteiger partial charge in [0.2, 0.25) is 11.8 Å². The first-order chi connectivity index (χ1) is 14.0. The van der Waals surface area contributed by atoms with Gasteiger partial charge in [0.05, 0.1) is 0 Å². The molecule has 29 heavy (non-hydrogen) atoms. The molecule has 4 rings (SSSR count). The van der Waals surface area contributed by atoms with Crippen LogP contribution < -0.4 is 10.6 Å². The lowest BCUT2D eigenvalue weighted by Crippen LogP contribution is -2.52. The Morgan fingerprint density at radius 3 is 2.79 bits per heavy atom. The van der Waals surface area contributed by atoms with E-state index in [1.165, 1.54) is 0 Å². The van der Waals surface area contributed by atoms with Gasteiger partial charge in [-0.3, -0.25) is 24.6 Å². The third kappa shape index (κ3) is 3.94.